The van der Waals surface area contributed by atoms with E-state index in [2.05, 4.69) is 5.32 Å². The lowest BCUT2D eigenvalue weighted by Gasteiger charge is -2.20. The fourth-order valence-electron chi connectivity index (χ4n) is 2.26. The summed E-state index contributed by atoms with van der Waals surface area (Å²) in [5.41, 5.74) is 0.633. The Balaban J connectivity index is 2.07. The monoisotopic (exact) mass is 395 g/mol. The third-order valence-corrected chi connectivity index (χ3v) is 5.05. The van der Waals surface area contributed by atoms with Crippen molar-refractivity contribution in [3.63, 3.8) is 0 Å². The van der Waals surface area contributed by atoms with Gasteiger partial charge in [-0.3, -0.25) is 9.59 Å². The van der Waals surface area contributed by atoms with Crippen LogP contribution in [0.4, 0.5) is 4.39 Å². The Hall–Kier alpha value is -2.05. The number of methoxy groups -OCH3 is 1. The highest BCUT2D eigenvalue weighted by Crippen LogP contribution is 2.26. The molecule has 2 unspecified atom stereocenters. The van der Waals surface area contributed by atoms with E-state index in [1.54, 1.807) is 31.2 Å². The first-order valence-corrected chi connectivity index (χ1v) is 9.19. The maximum Gasteiger partial charge on any atom is 0.307 e. The second-order valence-electron chi connectivity index (χ2n) is 5.61. The van der Waals surface area contributed by atoms with Gasteiger partial charge in [0.15, 0.2) is 0 Å². The van der Waals surface area contributed by atoms with Crippen molar-refractivity contribution in [3.05, 3.63) is 64.9 Å². The third-order valence-electron chi connectivity index (χ3n) is 3.68. The number of amides is 1. The summed E-state index contributed by atoms with van der Waals surface area (Å²) in [7, 11) is 1.28. The van der Waals surface area contributed by atoms with Crippen LogP contribution in [-0.2, 0) is 14.3 Å². The second kappa shape index (κ2) is 9.59. The molecule has 0 fully saturated rings. The minimum Gasteiger partial charge on any atom is -0.469 e. The van der Waals surface area contributed by atoms with Crippen molar-refractivity contribution >= 4 is 35.2 Å². The molecule has 2 atom stereocenters. The summed E-state index contributed by atoms with van der Waals surface area (Å²) >= 11 is 7.24. The molecule has 138 valence electrons. The minimum absolute atomic E-state index is 0.0355. The summed E-state index contributed by atoms with van der Waals surface area (Å²) in [6.45, 7) is 1.77. The molecule has 0 aliphatic heterocycles. The molecule has 1 N–H and O–H groups in total. The number of esters is 1. The van der Waals surface area contributed by atoms with E-state index in [1.165, 1.54) is 31.0 Å². The van der Waals surface area contributed by atoms with Crippen molar-refractivity contribution < 1.29 is 18.7 Å². The lowest BCUT2D eigenvalue weighted by Crippen LogP contribution is -2.35. The maximum atomic E-state index is 13.1. The van der Waals surface area contributed by atoms with Gasteiger partial charge in [-0.15, -0.1) is 11.8 Å². The van der Waals surface area contributed by atoms with Gasteiger partial charge < -0.3 is 10.1 Å². The standard InChI is InChI=1S/C19H19ClFNO3S/c1-12(26-16-9-5-14(20)6-10-16)19(24)22-17(11-18(23)25-2)13-3-7-15(21)8-4-13/h3-10,12,17H,11H2,1-2H3,(H,22,24). The van der Waals surface area contributed by atoms with E-state index in [0.29, 0.717) is 10.6 Å². The summed E-state index contributed by atoms with van der Waals surface area (Å²) in [4.78, 5) is 25.1. The Morgan fingerprint density at radius 2 is 1.77 bits per heavy atom. The first kappa shape index (κ1) is 20.3. The number of hydrogen-bond donors (Lipinski definition) is 1. The van der Waals surface area contributed by atoms with E-state index in [-0.39, 0.29) is 18.1 Å². The quantitative estimate of drug-likeness (QED) is 0.558. The molecule has 0 bridgehead atoms. The summed E-state index contributed by atoms with van der Waals surface area (Å²) in [6, 6.07) is 12.3. The Bertz CT molecular complexity index is 752. The van der Waals surface area contributed by atoms with Crippen LogP contribution < -0.4 is 5.32 Å². The van der Waals surface area contributed by atoms with Gasteiger partial charge in [0.05, 0.1) is 24.8 Å². The summed E-state index contributed by atoms with van der Waals surface area (Å²) < 4.78 is 17.8. The number of benzene rings is 2. The van der Waals surface area contributed by atoms with Crippen molar-refractivity contribution in [2.24, 2.45) is 0 Å². The van der Waals surface area contributed by atoms with Crippen LogP contribution in [0, 0.1) is 5.82 Å². The molecule has 1 amide bonds. The molecule has 0 aliphatic rings. The number of carbonyl (C=O) groups is 2. The van der Waals surface area contributed by atoms with Crippen LogP contribution in [0.3, 0.4) is 0 Å². The van der Waals surface area contributed by atoms with Crippen LogP contribution >= 0.6 is 23.4 Å². The van der Waals surface area contributed by atoms with Crippen molar-refractivity contribution in [2.75, 3.05) is 7.11 Å². The van der Waals surface area contributed by atoms with Crippen molar-refractivity contribution in [3.8, 4) is 0 Å². The molecule has 2 rings (SSSR count). The zero-order valence-electron chi connectivity index (χ0n) is 14.4. The van der Waals surface area contributed by atoms with E-state index < -0.39 is 17.3 Å². The highest BCUT2D eigenvalue weighted by molar-refractivity contribution is 8.00. The molecule has 26 heavy (non-hydrogen) atoms. The first-order chi connectivity index (χ1) is 12.4. The zero-order chi connectivity index (χ0) is 19.1. The number of thioether (sulfide) groups is 1. The number of nitrogens with one attached hydrogen (secondary N) is 1. The Morgan fingerprint density at radius 3 is 2.35 bits per heavy atom. The lowest BCUT2D eigenvalue weighted by molar-refractivity contribution is -0.141. The molecule has 0 aromatic heterocycles. The van der Waals surface area contributed by atoms with Gasteiger partial charge in [0, 0.05) is 9.92 Å². The SMILES string of the molecule is COC(=O)CC(NC(=O)C(C)Sc1ccc(Cl)cc1)c1ccc(F)cc1. The zero-order valence-corrected chi connectivity index (χ0v) is 15.9. The fourth-order valence-corrected chi connectivity index (χ4v) is 3.26. The van der Waals surface area contributed by atoms with Crippen molar-refractivity contribution in [1.82, 2.24) is 5.32 Å². The average molecular weight is 396 g/mol. The summed E-state index contributed by atoms with van der Waals surface area (Å²) in [5.74, 6) is -1.08. The number of rotatable bonds is 7. The predicted octanol–water partition coefficient (Wildman–Crippen LogP) is 4.38. The molecular formula is C19H19ClFNO3S. The molecule has 0 saturated carbocycles. The van der Waals surface area contributed by atoms with E-state index in [0.717, 1.165) is 4.90 Å². The molecule has 0 saturated heterocycles. The lowest BCUT2D eigenvalue weighted by atomic mass is 10.0. The fraction of sp³-hybridized carbons (Fsp3) is 0.263. The van der Waals surface area contributed by atoms with Crippen LogP contribution in [0.25, 0.3) is 0 Å². The van der Waals surface area contributed by atoms with E-state index in [4.69, 9.17) is 16.3 Å². The smallest absolute Gasteiger partial charge is 0.307 e. The van der Waals surface area contributed by atoms with Gasteiger partial charge in [-0.1, -0.05) is 23.7 Å². The summed E-state index contributed by atoms with van der Waals surface area (Å²) in [5, 5.41) is 3.07. The van der Waals surface area contributed by atoms with Crippen molar-refractivity contribution in [2.45, 2.75) is 29.5 Å². The van der Waals surface area contributed by atoms with E-state index >= 15 is 0 Å². The Labute approximate surface area is 161 Å². The van der Waals surface area contributed by atoms with Gasteiger partial charge in [0.1, 0.15) is 5.82 Å². The first-order valence-electron chi connectivity index (χ1n) is 7.94. The third kappa shape index (κ3) is 6.04. The molecule has 2 aromatic rings. The van der Waals surface area contributed by atoms with Crippen LogP contribution in [0.1, 0.15) is 24.9 Å². The number of hydrogen-bond acceptors (Lipinski definition) is 4. The van der Waals surface area contributed by atoms with Gasteiger partial charge in [-0.05, 0) is 48.9 Å². The number of halogens is 2. The maximum absolute atomic E-state index is 13.1. The molecule has 4 nitrogen and oxygen atoms in total. The summed E-state index contributed by atoms with van der Waals surface area (Å²) in [6.07, 6.45) is -0.0355. The van der Waals surface area contributed by atoms with Gasteiger partial charge in [-0.25, -0.2) is 4.39 Å². The van der Waals surface area contributed by atoms with Crippen LogP contribution in [0.5, 0.6) is 0 Å². The highest BCUT2D eigenvalue weighted by atomic mass is 35.5. The van der Waals surface area contributed by atoms with Crippen LogP contribution in [-0.4, -0.2) is 24.2 Å². The molecular weight excluding hydrogens is 377 g/mol. The Kier molecular flexibility index (Phi) is 7.48. The molecule has 7 heteroatoms. The number of carbonyl (C=O) groups excluding carboxylic acids is 2. The average Bonchev–Trinajstić information content (AvgIpc) is 2.63. The molecule has 0 aliphatic carbocycles. The highest BCUT2D eigenvalue weighted by Gasteiger charge is 2.22. The van der Waals surface area contributed by atoms with Crippen LogP contribution in [0.2, 0.25) is 5.02 Å². The topological polar surface area (TPSA) is 55.4 Å². The molecule has 0 spiro atoms. The predicted molar refractivity (Wildman–Crippen MR) is 101 cm³/mol. The largest absolute Gasteiger partial charge is 0.469 e. The van der Waals surface area contributed by atoms with E-state index in [1.807, 2.05) is 12.1 Å². The van der Waals surface area contributed by atoms with Gasteiger partial charge >= 0.3 is 5.97 Å². The van der Waals surface area contributed by atoms with Gasteiger partial charge in [0.25, 0.3) is 0 Å². The number of ether oxygens (including phenoxy) is 1. The molecule has 2 aromatic carbocycles. The Morgan fingerprint density at radius 1 is 1.15 bits per heavy atom. The van der Waals surface area contributed by atoms with Crippen molar-refractivity contribution in [1.29, 1.82) is 0 Å². The minimum atomic E-state index is -0.594. The molecule has 0 heterocycles. The van der Waals surface area contributed by atoms with Gasteiger partial charge in [-0.2, -0.15) is 0 Å². The van der Waals surface area contributed by atoms with E-state index in [9.17, 15) is 14.0 Å². The van der Waals surface area contributed by atoms with Crippen LogP contribution in [0.15, 0.2) is 53.4 Å². The second-order valence-corrected chi connectivity index (χ2v) is 7.46. The molecule has 0 radical (unpaired) electrons. The normalized spacial score (nSPS) is 12.9. The van der Waals surface area contributed by atoms with Gasteiger partial charge in [0.2, 0.25) is 5.91 Å².